The fourth-order valence-electron chi connectivity index (χ4n) is 7.24. The Labute approximate surface area is 197 Å². The van der Waals surface area contributed by atoms with Gasteiger partial charge in [-0.25, -0.2) is 0 Å². The second-order valence-electron chi connectivity index (χ2n) is 10.5. The van der Waals surface area contributed by atoms with Crippen LogP contribution in [0.4, 0.5) is 0 Å². The molecule has 1 aliphatic heterocycles. The van der Waals surface area contributed by atoms with E-state index in [0.717, 1.165) is 46.1 Å². The van der Waals surface area contributed by atoms with Gasteiger partial charge in [-0.2, -0.15) is 5.06 Å². The van der Waals surface area contributed by atoms with E-state index in [0.29, 0.717) is 6.54 Å². The SMILES string of the molecule is C[C@@H](O)[C@H]1[C@@H](CO)ON(Cc2ccc(I)cc2)[C@H]1C(=O)NC12CC3CC(CC(C3)C1)C2. The number of halogens is 1. The van der Waals surface area contributed by atoms with Crippen LogP contribution >= 0.6 is 22.6 Å². The van der Waals surface area contributed by atoms with Gasteiger partial charge in [0.15, 0.2) is 0 Å². The van der Waals surface area contributed by atoms with Crippen LogP contribution in [0.2, 0.25) is 0 Å². The predicted molar refractivity (Wildman–Crippen MR) is 125 cm³/mol. The number of hydrogen-bond donors (Lipinski definition) is 3. The molecule has 1 amide bonds. The van der Waals surface area contributed by atoms with E-state index in [1.807, 2.05) is 24.3 Å². The predicted octanol–water partition coefficient (Wildman–Crippen LogP) is 2.85. The third kappa shape index (κ3) is 4.28. The first-order chi connectivity index (χ1) is 14.9. The average molecular weight is 540 g/mol. The zero-order chi connectivity index (χ0) is 21.8. The molecule has 7 heteroatoms. The van der Waals surface area contributed by atoms with Crippen molar-refractivity contribution in [2.45, 2.75) is 75.8 Å². The van der Waals surface area contributed by atoms with Crippen LogP contribution in [-0.4, -0.2) is 51.6 Å². The molecule has 0 spiro atoms. The molecule has 1 heterocycles. The Morgan fingerprint density at radius 2 is 1.77 bits per heavy atom. The summed E-state index contributed by atoms with van der Waals surface area (Å²) in [6.07, 6.45) is 5.87. The van der Waals surface area contributed by atoms with E-state index in [4.69, 9.17) is 4.84 Å². The van der Waals surface area contributed by atoms with E-state index >= 15 is 0 Å². The monoisotopic (exact) mass is 540 g/mol. The molecule has 5 fully saturated rings. The molecule has 4 saturated carbocycles. The van der Waals surface area contributed by atoms with E-state index in [2.05, 4.69) is 27.9 Å². The maximum atomic E-state index is 13.7. The van der Waals surface area contributed by atoms with Gasteiger partial charge in [-0.1, -0.05) is 12.1 Å². The molecule has 31 heavy (non-hydrogen) atoms. The van der Waals surface area contributed by atoms with Crippen molar-refractivity contribution in [1.29, 1.82) is 0 Å². The number of benzene rings is 1. The molecule has 170 valence electrons. The van der Waals surface area contributed by atoms with Crippen LogP contribution in [0.1, 0.15) is 51.0 Å². The van der Waals surface area contributed by atoms with E-state index < -0.39 is 24.2 Å². The number of aliphatic hydroxyl groups is 2. The topological polar surface area (TPSA) is 82.0 Å². The van der Waals surface area contributed by atoms with Gasteiger partial charge in [0.1, 0.15) is 12.1 Å². The molecular formula is C24H33IN2O4. The molecule has 0 radical (unpaired) electrons. The summed E-state index contributed by atoms with van der Waals surface area (Å²) in [6.45, 7) is 1.91. The normalized spacial score (nSPS) is 40.3. The van der Waals surface area contributed by atoms with Gasteiger partial charge < -0.3 is 15.5 Å². The maximum absolute atomic E-state index is 13.7. The van der Waals surface area contributed by atoms with Crippen molar-refractivity contribution in [3.05, 3.63) is 33.4 Å². The number of nitrogens with one attached hydrogen (secondary N) is 1. The summed E-state index contributed by atoms with van der Waals surface area (Å²) in [5, 5.41) is 25.6. The lowest BCUT2D eigenvalue weighted by Gasteiger charge is -2.57. The number of hydrogen-bond acceptors (Lipinski definition) is 5. The highest BCUT2D eigenvalue weighted by molar-refractivity contribution is 14.1. The summed E-state index contributed by atoms with van der Waals surface area (Å²) >= 11 is 2.27. The standard InChI is InChI=1S/C24H33IN2O4/c1-14(29)21-20(13-28)31-27(12-15-2-4-19(25)5-3-15)22(21)23(30)26-24-9-16-6-17(10-24)8-18(7-16)11-24/h2-5,14,16-18,20-22,28-29H,6-13H2,1H3,(H,26,30)/t14-,16?,17?,18?,20-,21+,22-,24?/m1/s1. The number of amides is 1. The Bertz CT molecular complexity index is 779. The van der Waals surface area contributed by atoms with Crippen molar-refractivity contribution in [2.75, 3.05) is 6.61 Å². The number of carbonyl (C=O) groups excluding carboxylic acids is 1. The van der Waals surface area contributed by atoms with Crippen LogP contribution in [0, 0.1) is 27.2 Å². The lowest BCUT2D eigenvalue weighted by molar-refractivity contribution is -0.183. The van der Waals surface area contributed by atoms with Crippen molar-refractivity contribution in [3.8, 4) is 0 Å². The molecule has 5 aliphatic rings. The van der Waals surface area contributed by atoms with Crippen LogP contribution in [0.25, 0.3) is 0 Å². The molecule has 4 atom stereocenters. The first-order valence-electron chi connectivity index (χ1n) is 11.6. The Morgan fingerprint density at radius 3 is 2.29 bits per heavy atom. The van der Waals surface area contributed by atoms with Crippen LogP contribution in [0.15, 0.2) is 24.3 Å². The molecule has 3 N–H and O–H groups in total. The number of nitrogens with zero attached hydrogens (tertiary/aromatic N) is 1. The second kappa shape index (κ2) is 8.56. The Balaban J connectivity index is 1.38. The van der Waals surface area contributed by atoms with E-state index in [1.54, 1.807) is 12.0 Å². The van der Waals surface area contributed by atoms with Crippen molar-refractivity contribution >= 4 is 28.5 Å². The van der Waals surface area contributed by atoms with Gasteiger partial charge in [0, 0.05) is 15.0 Å². The second-order valence-corrected chi connectivity index (χ2v) is 11.7. The fourth-order valence-corrected chi connectivity index (χ4v) is 7.60. The molecule has 1 aromatic rings. The van der Waals surface area contributed by atoms with Crippen molar-refractivity contribution < 1.29 is 19.8 Å². The highest BCUT2D eigenvalue weighted by atomic mass is 127. The molecule has 0 aromatic heterocycles. The van der Waals surface area contributed by atoms with Gasteiger partial charge in [0.05, 0.1) is 19.3 Å². The van der Waals surface area contributed by atoms with Crippen molar-refractivity contribution in [3.63, 3.8) is 0 Å². The molecule has 4 aliphatic carbocycles. The van der Waals surface area contributed by atoms with Gasteiger partial charge in [-0.05, 0) is 103 Å². The van der Waals surface area contributed by atoms with Gasteiger partial charge in [0.2, 0.25) is 5.91 Å². The van der Waals surface area contributed by atoms with Crippen LogP contribution in [-0.2, 0) is 16.2 Å². The number of rotatable bonds is 6. The Morgan fingerprint density at radius 1 is 1.19 bits per heavy atom. The van der Waals surface area contributed by atoms with E-state index in [-0.39, 0.29) is 18.1 Å². The lowest BCUT2D eigenvalue weighted by atomic mass is 9.53. The summed E-state index contributed by atoms with van der Waals surface area (Å²) < 4.78 is 1.15. The summed E-state index contributed by atoms with van der Waals surface area (Å²) in [5.74, 6) is 1.70. The number of carbonyl (C=O) groups is 1. The summed E-state index contributed by atoms with van der Waals surface area (Å²) in [7, 11) is 0. The quantitative estimate of drug-likeness (QED) is 0.484. The van der Waals surface area contributed by atoms with Crippen molar-refractivity contribution in [1.82, 2.24) is 10.4 Å². The van der Waals surface area contributed by atoms with Gasteiger partial charge in [0.25, 0.3) is 0 Å². The largest absolute Gasteiger partial charge is 0.394 e. The first kappa shape index (κ1) is 22.1. The first-order valence-corrected chi connectivity index (χ1v) is 12.7. The lowest BCUT2D eigenvalue weighted by Crippen LogP contribution is -2.63. The van der Waals surface area contributed by atoms with Crippen LogP contribution < -0.4 is 5.32 Å². The Hall–Kier alpha value is -0.740. The minimum Gasteiger partial charge on any atom is -0.394 e. The molecule has 6 rings (SSSR count). The minimum absolute atomic E-state index is 0.0608. The highest BCUT2D eigenvalue weighted by Crippen LogP contribution is 2.55. The van der Waals surface area contributed by atoms with Gasteiger partial charge in [-0.15, -0.1) is 0 Å². The van der Waals surface area contributed by atoms with E-state index in [9.17, 15) is 15.0 Å². The molecule has 0 unspecified atom stereocenters. The zero-order valence-corrected chi connectivity index (χ0v) is 20.2. The van der Waals surface area contributed by atoms with Gasteiger partial charge >= 0.3 is 0 Å². The third-order valence-corrected chi connectivity index (χ3v) is 8.78. The molecule has 1 saturated heterocycles. The third-order valence-electron chi connectivity index (χ3n) is 8.06. The molecule has 1 aromatic carbocycles. The highest BCUT2D eigenvalue weighted by Gasteiger charge is 2.54. The molecule has 4 bridgehead atoms. The zero-order valence-electron chi connectivity index (χ0n) is 18.0. The van der Waals surface area contributed by atoms with Crippen LogP contribution in [0.3, 0.4) is 0 Å². The summed E-state index contributed by atoms with van der Waals surface area (Å²) in [6, 6.07) is 7.51. The summed E-state index contributed by atoms with van der Waals surface area (Å²) in [5.41, 5.74) is 0.942. The molecule has 6 nitrogen and oxygen atoms in total. The molecular weight excluding hydrogens is 507 g/mol. The van der Waals surface area contributed by atoms with Crippen molar-refractivity contribution in [2.24, 2.45) is 23.7 Å². The number of aliphatic hydroxyl groups excluding tert-OH is 2. The van der Waals surface area contributed by atoms with Crippen LogP contribution in [0.5, 0.6) is 0 Å². The van der Waals surface area contributed by atoms with E-state index in [1.165, 1.54) is 19.3 Å². The van der Waals surface area contributed by atoms with Gasteiger partial charge in [-0.3, -0.25) is 9.63 Å². The smallest absolute Gasteiger partial charge is 0.240 e. The average Bonchev–Trinajstić information content (AvgIpc) is 3.07. The maximum Gasteiger partial charge on any atom is 0.240 e. The Kier molecular flexibility index (Phi) is 6.09. The summed E-state index contributed by atoms with van der Waals surface area (Å²) in [4.78, 5) is 19.8. The minimum atomic E-state index is -0.758. The fraction of sp³-hybridized carbons (Fsp3) is 0.708. The number of hydroxylamine groups is 2.